The third-order valence-electron chi connectivity index (χ3n) is 2.79. The summed E-state index contributed by atoms with van der Waals surface area (Å²) in [5.74, 6) is -2.07. The zero-order chi connectivity index (χ0) is 19.1. The van der Waals surface area contributed by atoms with Gasteiger partial charge in [-0.2, -0.15) is 0 Å². The van der Waals surface area contributed by atoms with Crippen LogP contribution >= 0.6 is 0 Å². The maximum absolute atomic E-state index is 11.5. The molecule has 0 aromatic carbocycles. The zero-order valence-corrected chi connectivity index (χ0v) is 14.8. The molecule has 146 valence electrons. The van der Waals surface area contributed by atoms with Crippen molar-refractivity contribution in [1.29, 1.82) is 0 Å². The van der Waals surface area contributed by atoms with Crippen LogP contribution < -0.4 is 16.4 Å². The van der Waals surface area contributed by atoms with Crippen LogP contribution in [-0.2, 0) is 28.6 Å². The molecule has 0 spiro atoms. The Hall–Kier alpha value is -1.75. The standard InChI is InChI=1S/C15H29N3O7/c1-11(16)10-25-8-7-24-6-5-23-4-3-13(19)17-9-14(20)18-12(2)15(21)22/h11-12H,3-10,16H2,1-2H3,(H,17,19)(H,18,20)(H,21,22). The topological polar surface area (TPSA) is 149 Å². The maximum atomic E-state index is 11.5. The molecule has 0 bridgehead atoms. The van der Waals surface area contributed by atoms with E-state index in [9.17, 15) is 14.4 Å². The Labute approximate surface area is 147 Å². The number of nitrogens with two attached hydrogens (primary N) is 1. The van der Waals surface area contributed by atoms with Crippen molar-refractivity contribution in [3.05, 3.63) is 0 Å². The Kier molecular flexibility index (Phi) is 13.6. The van der Waals surface area contributed by atoms with Crippen molar-refractivity contribution in [1.82, 2.24) is 10.6 Å². The number of hydrogen-bond donors (Lipinski definition) is 4. The van der Waals surface area contributed by atoms with E-state index in [1.165, 1.54) is 6.92 Å². The second-order valence-electron chi connectivity index (χ2n) is 5.43. The number of rotatable bonds is 15. The molecule has 0 aliphatic carbocycles. The summed E-state index contributed by atoms with van der Waals surface area (Å²) in [5, 5.41) is 13.2. The van der Waals surface area contributed by atoms with Crippen LogP contribution in [0.25, 0.3) is 0 Å². The molecule has 2 amide bonds. The molecule has 0 fully saturated rings. The third kappa shape index (κ3) is 15.5. The minimum atomic E-state index is -1.14. The van der Waals surface area contributed by atoms with Gasteiger partial charge in [-0.3, -0.25) is 14.4 Å². The summed E-state index contributed by atoms with van der Waals surface area (Å²) in [6.45, 7) is 5.24. The molecule has 2 atom stereocenters. The minimum Gasteiger partial charge on any atom is -0.480 e. The average Bonchev–Trinajstić information content (AvgIpc) is 2.54. The van der Waals surface area contributed by atoms with Crippen molar-refractivity contribution in [2.75, 3.05) is 46.2 Å². The summed E-state index contributed by atoms with van der Waals surface area (Å²) in [4.78, 5) is 33.4. The molecule has 25 heavy (non-hydrogen) atoms. The van der Waals surface area contributed by atoms with E-state index in [0.717, 1.165) is 0 Å². The number of nitrogens with one attached hydrogen (secondary N) is 2. The monoisotopic (exact) mass is 363 g/mol. The molecule has 2 unspecified atom stereocenters. The van der Waals surface area contributed by atoms with Gasteiger partial charge in [-0.1, -0.05) is 0 Å². The van der Waals surface area contributed by atoms with Crippen LogP contribution in [0.3, 0.4) is 0 Å². The van der Waals surface area contributed by atoms with Gasteiger partial charge in [-0.15, -0.1) is 0 Å². The van der Waals surface area contributed by atoms with Crippen molar-refractivity contribution >= 4 is 17.8 Å². The number of carboxylic acid groups (broad SMARTS) is 1. The highest BCUT2D eigenvalue weighted by Crippen LogP contribution is 1.87. The molecule has 10 heteroatoms. The first-order chi connectivity index (χ1) is 11.8. The number of carbonyl (C=O) groups excluding carboxylic acids is 2. The van der Waals surface area contributed by atoms with Crippen LogP contribution in [0.4, 0.5) is 0 Å². The zero-order valence-electron chi connectivity index (χ0n) is 14.8. The highest BCUT2D eigenvalue weighted by molar-refractivity contribution is 5.87. The van der Waals surface area contributed by atoms with E-state index in [0.29, 0.717) is 33.0 Å². The molecule has 0 saturated carbocycles. The van der Waals surface area contributed by atoms with Gasteiger partial charge in [-0.05, 0) is 13.8 Å². The van der Waals surface area contributed by atoms with Gasteiger partial charge in [0.25, 0.3) is 0 Å². The summed E-state index contributed by atoms with van der Waals surface area (Å²) in [6, 6.07) is -1.00. The highest BCUT2D eigenvalue weighted by atomic mass is 16.5. The summed E-state index contributed by atoms with van der Waals surface area (Å²) < 4.78 is 15.7. The molecular formula is C15H29N3O7. The first-order valence-electron chi connectivity index (χ1n) is 8.10. The SMILES string of the molecule is CC(N)COCCOCCOCCC(=O)NCC(=O)NC(C)C(=O)O. The smallest absolute Gasteiger partial charge is 0.325 e. The van der Waals surface area contributed by atoms with Gasteiger partial charge in [-0.25, -0.2) is 0 Å². The van der Waals surface area contributed by atoms with E-state index in [4.69, 9.17) is 25.1 Å². The predicted molar refractivity (Wildman–Crippen MR) is 89.0 cm³/mol. The number of carboxylic acids is 1. The van der Waals surface area contributed by atoms with Crippen LogP contribution in [0.5, 0.6) is 0 Å². The van der Waals surface area contributed by atoms with Gasteiger partial charge < -0.3 is 35.7 Å². The Bertz CT molecular complexity index is 405. The van der Waals surface area contributed by atoms with Crippen molar-refractivity contribution < 1.29 is 33.7 Å². The van der Waals surface area contributed by atoms with Crippen molar-refractivity contribution in [2.24, 2.45) is 5.73 Å². The molecule has 0 saturated heterocycles. The number of ether oxygens (including phenoxy) is 3. The summed E-state index contributed by atoms with van der Waals surface area (Å²) in [7, 11) is 0. The molecule has 0 aromatic rings. The van der Waals surface area contributed by atoms with E-state index in [1.807, 2.05) is 6.92 Å². The van der Waals surface area contributed by atoms with Crippen LogP contribution in [0, 0.1) is 0 Å². The summed E-state index contributed by atoms with van der Waals surface area (Å²) in [5.41, 5.74) is 5.52. The molecule has 0 aliphatic heterocycles. The Morgan fingerprint density at radius 2 is 1.52 bits per heavy atom. The molecular weight excluding hydrogens is 334 g/mol. The van der Waals surface area contributed by atoms with Crippen LogP contribution in [0.1, 0.15) is 20.3 Å². The van der Waals surface area contributed by atoms with Gasteiger partial charge in [0.1, 0.15) is 6.04 Å². The number of hydrogen-bond acceptors (Lipinski definition) is 7. The van der Waals surface area contributed by atoms with Crippen molar-refractivity contribution in [3.8, 4) is 0 Å². The molecule has 0 aliphatic rings. The van der Waals surface area contributed by atoms with Crippen LogP contribution in [0.2, 0.25) is 0 Å². The first-order valence-corrected chi connectivity index (χ1v) is 8.10. The second-order valence-corrected chi connectivity index (χ2v) is 5.43. The Morgan fingerprint density at radius 1 is 0.960 bits per heavy atom. The first kappa shape index (κ1) is 23.2. The van der Waals surface area contributed by atoms with Gasteiger partial charge in [0.05, 0.1) is 46.2 Å². The van der Waals surface area contributed by atoms with E-state index >= 15 is 0 Å². The number of amides is 2. The van der Waals surface area contributed by atoms with E-state index in [-0.39, 0.29) is 31.5 Å². The van der Waals surface area contributed by atoms with Crippen LogP contribution in [-0.4, -0.2) is 81.2 Å². The Morgan fingerprint density at radius 3 is 2.08 bits per heavy atom. The lowest BCUT2D eigenvalue weighted by Crippen LogP contribution is -2.44. The fourth-order valence-electron chi connectivity index (χ4n) is 1.50. The second kappa shape index (κ2) is 14.6. The summed E-state index contributed by atoms with van der Waals surface area (Å²) >= 11 is 0. The van der Waals surface area contributed by atoms with Gasteiger partial charge >= 0.3 is 5.97 Å². The lowest BCUT2D eigenvalue weighted by molar-refractivity contribution is -0.141. The van der Waals surface area contributed by atoms with E-state index in [2.05, 4.69) is 10.6 Å². The van der Waals surface area contributed by atoms with E-state index < -0.39 is 17.9 Å². The molecule has 0 radical (unpaired) electrons. The predicted octanol–water partition coefficient (Wildman–Crippen LogP) is -1.52. The highest BCUT2D eigenvalue weighted by Gasteiger charge is 2.14. The minimum absolute atomic E-state index is 0.00104. The number of aliphatic carboxylic acids is 1. The van der Waals surface area contributed by atoms with Gasteiger partial charge in [0.2, 0.25) is 11.8 Å². The third-order valence-corrected chi connectivity index (χ3v) is 2.79. The fraction of sp³-hybridized carbons (Fsp3) is 0.800. The molecule has 10 nitrogen and oxygen atoms in total. The maximum Gasteiger partial charge on any atom is 0.325 e. The molecule has 0 rings (SSSR count). The number of carbonyl (C=O) groups is 3. The fourth-order valence-corrected chi connectivity index (χ4v) is 1.50. The van der Waals surface area contributed by atoms with Crippen molar-refractivity contribution in [2.45, 2.75) is 32.4 Å². The van der Waals surface area contributed by atoms with Gasteiger partial charge in [0, 0.05) is 12.5 Å². The normalized spacial score (nSPS) is 13.1. The molecule has 5 N–H and O–H groups in total. The van der Waals surface area contributed by atoms with Crippen molar-refractivity contribution in [3.63, 3.8) is 0 Å². The van der Waals surface area contributed by atoms with E-state index in [1.54, 1.807) is 0 Å². The Balaban J connectivity index is 3.44. The van der Waals surface area contributed by atoms with Gasteiger partial charge in [0.15, 0.2) is 0 Å². The average molecular weight is 363 g/mol. The largest absolute Gasteiger partial charge is 0.480 e. The lowest BCUT2D eigenvalue weighted by atomic mass is 10.3. The lowest BCUT2D eigenvalue weighted by Gasteiger charge is -2.10. The van der Waals surface area contributed by atoms with Crippen LogP contribution in [0.15, 0.2) is 0 Å². The summed E-state index contributed by atoms with van der Waals surface area (Å²) in [6.07, 6.45) is 0.0965. The quantitative estimate of drug-likeness (QED) is 0.256. The molecule has 0 aromatic heterocycles. The molecule has 0 heterocycles.